The molecule has 0 fully saturated rings. The molecule has 1 heterocycles. The fraction of sp³-hybridized carbons (Fsp3) is 0.600. The Morgan fingerprint density at radius 1 is 1.50 bits per heavy atom. The second kappa shape index (κ2) is 6.18. The van der Waals surface area contributed by atoms with E-state index in [1.165, 1.54) is 0 Å². The van der Waals surface area contributed by atoms with Crippen LogP contribution in [0.2, 0.25) is 0 Å². The fourth-order valence-electron chi connectivity index (χ4n) is 1.15. The Bertz CT molecular complexity index is 257. The summed E-state index contributed by atoms with van der Waals surface area (Å²) in [6, 6.07) is 0. The number of unbranched alkanes of at least 4 members (excludes halogenated alkanes) is 2. The minimum atomic E-state index is -0.175. The lowest BCUT2D eigenvalue weighted by Gasteiger charge is -2.01. The quantitative estimate of drug-likeness (QED) is 0.420. The molecule has 0 aliphatic heterocycles. The number of ether oxygens (including phenoxy) is 1. The van der Waals surface area contributed by atoms with E-state index in [0.29, 0.717) is 6.61 Å². The molecular weight excluding hydrogens is 180 g/mol. The largest absolute Gasteiger partial charge is 0.463 e. The van der Waals surface area contributed by atoms with Gasteiger partial charge in [-0.2, -0.15) is 0 Å². The van der Waals surface area contributed by atoms with E-state index >= 15 is 0 Å². The van der Waals surface area contributed by atoms with Gasteiger partial charge in [-0.15, -0.1) is 0 Å². The summed E-state index contributed by atoms with van der Waals surface area (Å²) in [5.74, 6) is -0.175. The Balaban J connectivity index is 2.11. The predicted octanol–water partition coefficient (Wildman–Crippen LogP) is 1.04. The molecule has 0 saturated heterocycles. The molecule has 0 unspecified atom stereocenters. The lowest BCUT2D eigenvalue weighted by atomic mass is 10.3. The first kappa shape index (κ1) is 10.8. The Morgan fingerprint density at radius 3 is 3.00 bits per heavy atom. The average molecular weight is 197 g/mol. The van der Waals surface area contributed by atoms with E-state index in [4.69, 9.17) is 4.74 Å². The zero-order valence-corrected chi connectivity index (χ0v) is 8.53. The summed E-state index contributed by atoms with van der Waals surface area (Å²) < 4.78 is 6.80. The van der Waals surface area contributed by atoms with Crippen molar-refractivity contribution >= 4 is 5.97 Å². The molecule has 0 aliphatic rings. The zero-order valence-electron chi connectivity index (χ0n) is 8.53. The number of aromatic amines is 1. The van der Waals surface area contributed by atoms with Crippen molar-refractivity contribution in [3.8, 4) is 0 Å². The molecule has 1 aromatic heterocycles. The Morgan fingerprint density at radius 2 is 2.36 bits per heavy atom. The number of nitrogens with one attached hydrogen (secondary N) is 1. The molecule has 0 bridgehead atoms. The molecule has 0 amide bonds. The molecule has 0 aliphatic carbocycles. The Kier molecular flexibility index (Phi) is 4.75. The number of esters is 1. The van der Waals surface area contributed by atoms with Gasteiger partial charge in [0.05, 0.1) is 6.61 Å². The van der Waals surface area contributed by atoms with E-state index < -0.39 is 0 Å². The molecule has 0 aromatic carbocycles. The number of hydrogen-bond acceptors (Lipinski definition) is 2. The third kappa shape index (κ3) is 4.07. The number of nitrogens with zero attached hydrogens (tertiary/aromatic N) is 1. The van der Waals surface area contributed by atoms with E-state index in [2.05, 4.69) is 11.9 Å². The average Bonchev–Trinajstić information content (AvgIpc) is 2.65. The highest BCUT2D eigenvalue weighted by atomic mass is 16.5. The molecule has 1 aromatic rings. The predicted molar refractivity (Wildman–Crippen MR) is 51.5 cm³/mol. The SMILES string of the molecule is CCCCCOC(=O)C[n+]1cc[nH]c1. The summed E-state index contributed by atoms with van der Waals surface area (Å²) in [6.45, 7) is 2.95. The first-order valence-electron chi connectivity index (χ1n) is 5.00. The van der Waals surface area contributed by atoms with E-state index in [0.717, 1.165) is 19.3 Å². The monoisotopic (exact) mass is 197 g/mol. The number of carbonyl (C=O) groups excluding carboxylic acids is 1. The summed E-state index contributed by atoms with van der Waals surface area (Å²) in [6.07, 6.45) is 8.51. The second-order valence-electron chi connectivity index (χ2n) is 3.21. The molecule has 4 nitrogen and oxygen atoms in total. The van der Waals surface area contributed by atoms with Crippen molar-refractivity contribution in [3.05, 3.63) is 18.7 Å². The van der Waals surface area contributed by atoms with Crippen LogP contribution < -0.4 is 4.57 Å². The smallest absolute Gasteiger partial charge is 0.348 e. The highest BCUT2D eigenvalue weighted by molar-refractivity contribution is 5.67. The first-order chi connectivity index (χ1) is 6.83. The number of hydrogen-bond donors (Lipinski definition) is 1. The van der Waals surface area contributed by atoms with Gasteiger partial charge in [0.1, 0.15) is 12.4 Å². The molecular formula is C10H17N2O2+. The van der Waals surface area contributed by atoms with Crippen LogP contribution in [-0.4, -0.2) is 17.6 Å². The van der Waals surface area contributed by atoms with Crippen molar-refractivity contribution in [1.29, 1.82) is 0 Å². The minimum Gasteiger partial charge on any atom is -0.463 e. The summed E-state index contributed by atoms with van der Waals surface area (Å²) >= 11 is 0. The molecule has 0 atom stereocenters. The van der Waals surface area contributed by atoms with Gasteiger partial charge in [-0.1, -0.05) is 19.8 Å². The van der Waals surface area contributed by atoms with E-state index in [1.807, 2.05) is 0 Å². The summed E-state index contributed by atoms with van der Waals surface area (Å²) in [5, 5.41) is 0. The third-order valence-corrected chi connectivity index (χ3v) is 1.93. The molecule has 0 radical (unpaired) electrons. The molecule has 1 rings (SSSR count). The van der Waals surface area contributed by atoms with Crippen molar-refractivity contribution < 1.29 is 14.1 Å². The van der Waals surface area contributed by atoms with Crippen molar-refractivity contribution in [2.75, 3.05) is 6.61 Å². The van der Waals surface area contributed by atoms with Crippen molar-refractivity contribution in [2.45, 2.75) is 32.7 Å². The van der Waals surface area contributed by atoms with E-state index in [1.54, 1.807) is 23.3 Å². The highest BCUT2D eigenvalue weighted by Gasteiger charge is 2.06. The molecule has 14 heavy (non-hydrogen) atoms. The van der Waals surface area contributed by atoms with Crippen molar-refractivity contribution in [2.24, 2.45) is 0 Å². The van der Waals surface area contributed by atoms with Crippen LogP contribution in [0, 0.1) is 0 Å². The van der Waals surface area contributed by atoms with Crippen LogP contribution in [-0.2, 0) is 16.1 Å². The highest BCUT2D eigenvalue weighted by Crippen LogP contribution is 1.94. The standard InChI is InChI=1S/C10H16N2O2/c1-2-3-4-7-14-10(13)8-12-6-5-11-9-12/h5-6,9H,2-4,7-8H2,1H3/p+1. The third-order valence-electron chi connectivity index (χ3n) is 1.93. The van der Waals surface area contributed by atoms with Gasteiger partial charge in [-0.25, -0.2) is 9.36 Å². The second-order valence-corrected chi connectivity index (χ2v) is 3.21. The molecule has 4 heteroatoms. The van der Waals surface area contributed by atoms with Crippen LogP contribution >= 0.6 is 0 Å². The van der Waals surface area contributed by atoms with Gasteiger partial charge < -0.3 is 4.74 Å². The molecule has 0 spiro atoms. The number of aromatic nitrogens is 2. The van der Waals surface area contributed by atoms with Crippen LogP contribution in [0.1, 0.15) is 26.2 Å². The summed E-state index contributed by atoms with van der Waals surface area (Å²) in [4.78, 5) is 14.1. The molecule has 78 valence electrons. The van der Waals surface area contributed by atoms with Crippen LogP contribution in [0.4, 0.5) is 0 Å². The topological polar surface area (TPSA) is 46.0 Å². The molecule has 1 N–H and O–H groups in total. The van der Waals surface area contributed by atoms with Gasteiger partial charge in [0, 0.05) is 0 Å². The normalized spacial score (nSPS) is 10.1. The number of imidazole rings is 1. The zero-order chi connectivity index (χ0) is 10.2. The van der Waals surface area contributed by atoms with Crippen LogP contribution in [0.15, 0.2) is 18.7 Å². The lowest BCUT2D eigenvalue weighted by molar-refractivity contribution is -0.684. The minimum absolute atomic E-state index is 0.175. The van der Waals surface area contributed by atoms with Gasteiger partial charge in [-0.3, -0.25) is 4.98 Å². The lowest BCUT2D eigenvalue weighted by Crippen LogP contribution is -2.36. The van der Waals surface area contributed by atoms with Crippen molar-refractivity contribution in [3.63, 3.8) is 0 Å². The van der Waals surface area contributed by atoms with E-state index in [-0.39, 0.29) is 12.5 Å². The Hall–Kier alpha value is -1.32. The van der Waals surface area contributed by atoms with Crippen LogP contribution in [0.25, 0.3) is 0 Å². The number of carbonyl (C=O) groups is 1. The van der Waals surface area contributed by atoms with Crippen LogP contribution in [0.3, 0.4) is 0 Å². The number of H-pyrrole nitrogens is 1. The maximum absolute atomic E-state index is 11.2. The maximum atomic E-state index is 11.2. The first-order valence-corrected chi connectivity index (χ1v) is 5.00. The van der Waals surface area contributed by atoms with Gasteiger partial charge >= 0.3 is 5.97 Å². The van der Waals surface area contributed by atoms with Crippen LogP contribution in [0.5, 0.6) is 0 Å². The van der Waals surface area contributed by atoms with Crippen molar-refractivity contribution in [1.82, 2.24) is 4.98 Å². The fourth-order valence-corrected chi connectivity index (χ4v) is 1.15. The van der Waals surface area contributed by atoms with Gasteiger partial charge in [0.2, 0.25) is 6.33 Å². The van der Waals surface area contributed by atoms with Gasteiger partial charge in [-0.05, 0) is 6.42 Å². The van der Waals surface area contributed by atoms with Gasteiger partial charge in [0.15, 0.2) is 6.54 Å². The Labute approximate surface area is 83.9 Å². The maximum Gasteiger partial charge on any atom is 0.348 e. The summed E-state index contributed by atoms with van der Waals surface area (Å²) in [5.41, 5.74) is 0. The molecule has 0 saturated carbocycles. The van der Waals surface area contributed by atoms with Gasteiger partial charge in [0.25, 0.3) is 0 Å². The summed E-state index contributed by atoms with van der Waals surface area (Å²) in [7, 11) is 0. The number of rotatable bonds is 6. The van der Waals surface area contributed by atoms with E-state index in [9.17, 15) is 4.79 Å².